The summed E-state index contributed by atoms with van der Waals surface area (Å²) >= 11 is 0. The summed E-state index contributed by atoms with van der Waals surface area (Å²) in [6, 6.07) is 1.58. The molecule has 1 saturated carbocycles. The van der Waals surface area contributed by atoms with Crippen LogP contribution in [-0.2, 0) is 0 Å². The van der Waals surface area contributed by atoms with Gasteiger partial charge in [-0.15, -0.1) is 0 Å². The molecule has 0 aliphatic heterocycles. The van der Waals surface area contributed by atoms with E-state index in [0.29, 0.717) is 0 Å². The highest BCUT2D eigenvalue weighted by Gasteiger charge is 2.36. The van der Waals surface area contributed by atoms with Gasteiger partial charge in [0.25, 0.3) is 0 Å². The maximum atomic E-state index is 3.74. The molecule has 0 aromatic carbocycles. The third-order valence-corrected chi connectivity index (χ3v) is 3.26. The van der Waals surface area contributed by atoms with Gasteiger partial charge < -0.3 is 5.32 Å². The monoisotopic (exact) mass is 197 g/mol. The minimum atomic E-state index is 0.726. The predicted molar refractivity (Wildman–Crippen MR) is 63.5 cm³/mol. The molecule has 0 radical (unpaired) electrons. The van der Waals surface area contributed by atoms with Crippen molar-refractivity contribution in [2.75, 3.05) is 0 Å². The van der Waals surface area contributed by atoms with E-state index < -0.39 is 0 Å². The van der Waals surface area contributed by atoms with Crippen LogP contribution in [0.3, 0.4) is 0 Å². The van der Waals surface area contributed by atoms with Crippen molar-refractivity contribution in [3.8, 4) is 0 Å². The van der Waals surface area contributed by atoms with E-state index in [-0.39, 0.29) is 0 Å². The molecule has 0 spiro atoms. The van der Waals surface area contributed by atoms with Crippen LogP contribution >= 0.6 is 0 Å². The second-order valence-corrected chi connectivity index (χ2v) is 5.43. The van der Waals surface area contributed by atoms with Gasteiger partial charge in [0.05, 0.1) is 0 Å². The smallest absolute Gasteiger partial charge is 0.0102 e. The first-order valence-corrected chi connectivity index (χ1v) is 6.39. The van der Waals surface area contributed by atoms with E-state index in [4.69, 9.17) is 0 Å². The molecule has 84 valence electrons. The summed E-state index contributed by atoms with van der Waals surface area (Å²) in [5, 5.41) is 3.74. The van der Waals surface area contributed by atoms with E-state index in [0.717, 1.165) is 23.9 Å². The molecule has 0 heterocycles. The van der Waals surface area contributed by atoms with Crippen LogP contribution in [0.5, 0.6) is 0 Å². The largest absolute Gasteiger partial charge is 0.311 e. The number of nitrogens with one attached hydrogen (secondary N) is 1. The molecular formula is C13H27N. The Balaban J connectivity index is 2.02. The van der Waals surface area contributed by atoms with E-state index in [9.17, 15) is 0 Å². The Bertz CT molecular complexity index is 153. The second kappa shape index (κ2) is 5.75. The van der Waals surface area contributed by atoms with Crippen LogP contribution in [0.25, 0.3) is 0 Å². The molecule has 1 N–H and O–H groups in total. The van der Waals surface area contributed by atoms with E-state index in [2.05, 4.69) is 33.0 Å². The van der Waals surface area contributed by atoms with Gasteiger partial charge in [-0.25, -0.2) is 0 Å². The topological polar surface area (TPSA) is 12.0 Å². The molecule has 14 heavy (non-hydrogen) atoms. The Labute approximate surface area is 89.7 Å². The van der Waals surface area contributed by atoms with E-state index in [1.165, 1.54) is 32.1 Å². The molecule has 0 saturated heterocycles. The van der Waals surface area contributed by atoms with E-state index >= 15 is 0 Å². The van der Waals surface area contributed by atoms with E-state index in [1.807, 2.05) is 0 Å². The lowest BCUT2D eigenvalue weighted by molar-refractivity contribution is 0.438. The number of hydrogen-bond acceptors (Lipinski definition) is 1. The molecule has 0 aromatic heterocycles. The van der Waals surface area contributed by atoms with Gasteiger partial charge in [0, 0.05) is 12.1 Å². The minimum absolute atomic E-state index is 0.726. The molecule has 1 aliphatic rings. The average Bonchev–Trinajstić information content (AvgIpc) is 2.81. The average molecular weight is 197 g/mol. The molecule has 1 fully saturated rings. The fourth-order valence-electron chi connectivity index (χ4n) is 2.17. The third-order valence-electron chi connectivity index (χ3n) is 3.26. The van der Waals surface area contributed by atoms with Gasteiger partial charge >= 0.3 is 0 Å². The van der Waals surface area contributed by atoms with Gasteiger partial charge in [-0.1, -0.05) is 27.2 Å². The second-order valence-electron chi connectivity index (χ2n) is 5.43. The maximum Gasteiger partial charge on any atom is 0.0102 e. The first kappa shape index (κ1) is 12.0. The van der Waals surface area contributed by atoms with Crippen LogP contribution in [0, 0.1) is 11.8 Å². The highest BCUT2D eigenvalue weighted by molar-refractivity contribution is 4.93. The van der Waals surface area contributed by atoms with Crippen molar-refractivity contribution in [2.24, 2.45) is 11.8 Å². The van der Waals surface area contributed by atoms with Gasteiger partial charge in [-0.3, -0.25) is 0 Å². The molecule has 1 rings (SSSR count). The molecule has 3 unspecified atom stereocenters. The standard InChI is InChI=1S/C13H27N/c1-5-6-12-9-13(12)14-11(4)8-7-10(2)3/h10-14H,5-9H2,1-4H3. The van der Waals surface area contributed by atoms with Crippen molar-refractivity contribution in [2.45, 2.75) is 71.9 Å². The van der Waals surface area contributed by atoms with Gasteiger partial charge in [-0.2, -0.15) is 0 Å². The summed E-state index contributed by atoms with van der Waals surface area (Å²) in [7, 11) is 0. The van der Waals surface area contributed by atoms with Crippen molar-refractivity contribution >= 4 is 0 Å². The van der Waals surface area contributed by atoms with Crippen molar-refractivity contribution in [1.82, 2.24) is 5.32 Å². The summed E-state index contributed by atoms with van der Waals surface area (Å²) in [5.74, 6) is 1.85. The molecule has 1 heteroatoms. The summed E-state index contributed by atoms with van der Waals surface area (Å²) in [4.78, 5) is 0. The van der Waals surface area contributed by atoms with Crippen LogP contribution in [0.15, 0.2) is 0 Å². The fourth-order valence-corrected chi connectivity index (χ4v) is 2.17. The summed E-state index contributed by atoms with van der Waals surface area (Å²) in [6.45, 7) is 9.24. The third kappa shape index (κ3) is 4.45. The van der Waals surface area contributed by atoms with Crippen LogP contribution in [0.4, 0.5) is 0 Å². The molecule has 0 bridgehead atoms. The fraction of sp³-hybridized carbons (Fsp3) is 1.00. The highest BCUT2D eigenvalue weighted by Crippen LogP contribution is 2.35. The molecule has 0 aromatic rings. The van der Waals surface area contributed by atoms with Gasteiger partial charge in [-0.05, 0) is 44.4 Å². The molecule has 3 atom stereocenters. The Hall–Kier alpha value is -0.0400. The normalized spacial score (nSPS) is 28.1. The summed E-state index contributed by atoms with van der Waals surface area (Å²) < 4.78 is 0. The summed E-state index contributed by atoms with van der Waals surface area (Å²) in [5.41, 5.74) is 0. The Morgan fingerprint density at radius 2 is 1.93 bits per heavy atom. The first-order valence-electron chi connectivity index (χ1n) is 6.39. The Morgan fingerprint density at radius 3 is 2.50 bits per heavy atom. The number of rotatable bonds is 7. The van der Waals surface area contributed by atoms with Crippen LogP contribution < -0.4 is 5.32 Å². The molecule has 1 aliphatic carbocycles. The van der Waals surface area contributed by atoms with Crippen LogP contribution in [-0.4, -0.2) is 12.1 Å². The van der Waals surface area contributed by atoms with Crippen LogP contribution in [0.1, 0.15) is 59.8 Å². The lowest BCUT2D eigenvalue weighted by Gasteiger charge is -2.14. The maximum absolute atomic E-state index is 3.74. The molecule has 1 nitrogen and oxygen atoms in total. The lowest BCUT2D eigenvalue weighted by Crippen LogP contribution is -2.29. The molecular weight excluding hydrogens is 170 g/mol. The molecule has 0 amide bonds. The quantitative estimate of drug-likeness (QED) is 0.657. The lowest BCUT2D eigenvalue weighted by atomic mass is 10.0. The minimum Gasteiger partial charge on any atom is -0.311 e. The highest BCUT2D eigenvalue weighted by atomic mass is 15.0. The van der Waals surface area contributed by atoms with E-state index in [1.54, 1.807) is 0 Å². The zero-order valence-electron chi connectivity index (χ0n) is 10.3. The Kier molecular flexibility index (Phi) is 4.94. The van der Waals surface area contributed by atoms with Gasteiger partial charge in [0.2, 0.25) is 0 Å². The predicted octanol–water partition coefficient (Wildman–Crippen LogP) is 3.59. The van der Waals surface area contributed by atoms with Crippen molar-refractivity contribution in [1.29, 1.82) is 0 Å². The van der Waals surface area contributed by atoms with Gasteiger partial charge in [0.15, 0.2) is 0 Å². The number of hydrogen-bond donors (Lipinski definition) is 1. The van der Waals surface area contributed by atoms with Crippen molar-refractivity contribution in [3.05, 3.63) is 0 Å². The van der Waals surface area contributed by atoms with Crippen molar-refractivity contribution in [3.63, 3.8) is 0 Å². The summed E-state index contributed by atoms with van der Waals surface area (Å²) in [6.07, 6.45) is 6.91. The first-order chi connectivity index (χ1) is 6.63. The SMILES string of the molecule is CCCC1CC1NC(C)CCC(C)C. The van der Waals surface area contributed by atoms with Crippen LogP contribution in [0.2, 0.25) is 0 Å². The van der Waals surface area contributed by atoms with Crippen molar-refractivity contribution < 1.29 is 0 Å². The zero-order valence-corrected chi connectivity index (χ0v) is 10.3. The Morgan fingerprint density at radius 1 is 1.21 bits per heavy atom. The zero-order chi connectivity index (χ0) is 10.6. The van der Waals surface area contributed by atoms with Gasteiger partial charge in [0.1, 0.15) is 0 Å².